The highest BCUT2D eigenvalue weighted by Crippen LogP contribution is 2.44. The molecule has 0 fully saturated rings. The van der Waals surface area contributed by atoms with Crippen LogP contribution in [-0.4, -0.2) is 33.6 Å². The summed E-state index contributed by atoms with van der Waals surface area (Å²) in [5, 5.41) is 9.94. The highest BCUT2D eigenvalue weighted by Gasteiger charge is 2.21. The van der Waals surface area contributed by atoms with E-state index in [1.807, 2.05) is 59.9 Å². The van der Waals surface area contributed by atoms with Gasteiger partial charge >= 0.3 is 0 Å². The molecule has 0 aliphatic heterocycles. The number of aromatic nitrogens is 7. The minimum Gasteiger partial charge on any atom is -0.309 e. The lowest BCUT2D eigenvalue weighted by Gasteiger charge is -2.12. The predicted octanol–water partition coefficient (Wildman–Crippen LogP) is 24.3. The summed E-state index contributed by atoms with van der Waals surface area (Å²) in [6.07, 6.45) is 0. The Morgan fingerprint density at radius 1 is 0.210 bits per heavy atom. The quantitative estimate of drug-likeness (QED) is 0.137. The van der Waals surface area contributed by atoms with Crippen molar-refractivity contribution >= 4 is 96.9 Å². The Balaban J connectivity index is 0.000000139. The van der Waals surface area contributed by atoms with Gasteiger partial charge in [0.05, 0.1) is 55.9 Å². The molecule has 20 aromatic rings. The molecular weight excluding hydrogens is 1240 g/mol. The van der Waals surface area contributed by atoms with Crippen LogP contribution in [0.3, 0.4) is 0 Å². The van der Waals surface area contributed by atoms with Crippen LogP contribution in [0.1, 0.15) is 0 Å². The molecule has 0 radical (unpaired) electrons. The summed E-state index contributed by atoms with van der Waals surface area (Å²) in [5.41, 5.74) is 22.8. The van der Waals surface area contributed by atoms with Crippen LogP contribution in [0, 0.1) is 0 Å². The number of rotatable bonds is 10. The molecule has 7 nitrogen and oxygen atoms in total. The standard InChI is InChI=1S/C46H30N4.C46H29N3S/c1-4-14-31(15-5-1)40-30-41(32-16-6-2-7-17-32)48-46(47-40)50-43-23-13-11-21-37(43)39-29-34(25-27-45(39)50)33-24-26-44-38(28-33)36-20-10-12-22-42(36)49(44)35-18-8-3-9-19-35;1-3-12-30(13-4-1)40-29-41(31-14-5-2-6-15-31)48-46(47-40)32-22-25-34(26-23-32)49-42-20-9-7-16-36(42)39-28-33(24-27-43(39)49)35-18-11-19-38-37-17-8-10-21-44(37)50-45(35)38/h1-30H;1-29H. The fraction of sp³-hybridized carbons (Fsp3) is 0. The second-order valence-corrected chi connectivity index (χ2v) is 26.3. The van der Waals surface area contributed by atoms with Crippen LogP contribution in [0.25, 0.3) is 182 Å². The van der Waals surface area contributed by atoms with E-state index < -0.39 is 0 Å². The van der Waals surface area contributed by atoms with E-state index in [-0.39, 0.29) is 0 Å². The molecule has 0 spiro atoms. The minimum absolute atomic E-state index is 0.652. The normalized spacial score (nSPS) is 11.6. The molecule has 20 rings (SSSR count). The molecule has 0 N–H and O–H groups in total. The molecule has 0 aliphatic carbocycles. The van der Waals surface area contributed by atoms with E-state index in [1.54, 1.807) is 0 Å². The summed E-state index contributed by atoms with van der Waals surface area (Å²) in [6, 6.07) is 127. The van der Waals surface area contributed by atoms with Crippen LogP contribution >= 0.6 is 11.3 Å². The summed E-state index contributed by atoms with van der Waals surface area (Å²) < 4.78 is 9.60. The molecule has 0 unspecified atom stereocenters. The Hall–Kier alpha value is -13.1. The Morgan fingerprint density at radius 3 is 1.05 bits per heavy atom. The molecule has 8 heteroatoms. The largest absolute Gasteiger partial charge is 0.309 e. The van der Waals surface area contributed by atoms with Crippen molar-refractivity contribution in [3.63, 3.8) is 0 Å². The van der Waals surface area contributed by atoms with Crippen molar-refractivity contribution < 1.29 is 0 Å². The van der Waals surface area contributed by atoms with Gasteiger partial charge in [0.1, 0.15) is 0 Å². The van der Waals surface area contributed by atoms with Crippen LogP contribution in [0.15, 0.2) is 358 Å². The van der Waals surface area contributed by atoms with Crippen LogP contribution in [-0.2, 0) is 0 Å². The zero-order valence-corrected chi connectivity index (χ0v) is 54.9. The van der Waals surface area contributed by atoms with Gasteiger partial charge in [0, 0.05) is 91.7 Å². The average molecular weight is 1290 g/mol. The van der Waals surface area contributed by atoms with Crippen LogP contribution in [0.5, 0.6) is 0 Å². The SMILES string of the molecule is c1ccc(-c2cc(-c3ccccc3)nc(-c3ccc(-n4c5ccccc5c5cc(-c6cccc7c6sc6ccccc67)ccc54)cc3)n2)cc1.c1ccc(-c2cc(-c3ccccc3)nc(-n3c4ccccc4c4cc(-c5ccc6c(c5)c5ccccc5n6-c5ccccc5)ccc43)n2)cc1. The van der Waals surface area contributed by atoms with Crippen molar-refractivity contribution in [1.82, 2.24) is 33.6 Å². The fourth-order valence-corrected chi connectivity index (χ4v) is 15.9. The van der Waals surface area contributed by atoms with Gasteiger partial charge in [-0.3, -0.25) is 4.57 Å². The highest BCUT2D eigenvalue weighted by molar-refractivity contribution is 7.26. The lowest BCUT2D eigenvalue weighted by molar-refractivity contribution is 0.995. The van der Waals surface area contributed by atoms with E-state index in [9.17, 15) is 0 Å². The van der Waals surface area contributed by atoms with E-state index in [1.165, 1.54) is 96.8 Å². The Kier molecular flexibility index (Phi) is 14.3. The molecule has 100 heavy (non-hydrogen) atoms. The van der Waals surface area contributed by atoms with Crippen molar-refractivity contribution in [1.29, 1.82) is 0 Å². The topological polar surface area (TPSA) is 66.3 Å². The molecular formula is C92H59N7S. The van der Waals surface area contributed by atoms with Crippen molar-refractivity contribution in [2.24, 2.45) is 0 Å². The molecule has 0 aliphatic rings. The van der Waals surface area contributed by atoms with Gasteiger partial charge in [-0.05, 0) is 131 Å². The summed E-state index contributed by atoms with van der Waals surface area (Å²) in [6.45, 7) is 0. The first kappa shape index (κ1) is 58.2. The van der Waals surface area contributed by atoms with E-state index in [0.717, 1.165) is 73.0 Å². The molecule has 0 atom stereocenters. The second-order valence-electron chi connectivity index (χ2n) is 25.3. The number of benzene rings is 14. The summed E-state index contributed by atoms with van der Waals surface area (Å²) in [5.74, 6) is 1.36. The Labute approximate surface area is 580 Å². The summed E-state index contributed by atoms with van der Waals surface area (Å²) >= 11 is 1.88. The third-order valence-electron chi connectivity index (χ3n) is 19.4. The summed E-state index contributed by atoms with van der Waals surface area (Å²) in [7, 11) is 0. The zero-order valence-electron chi connectivity index (χ0n) is 54.1. The molecule has 0 bridgehead atoms. The van der Waals surface area contributed by atoms with Crippen molar-refractivity contribution in [3.05, 3.63) is 358 Å². The Morgan fingerprint density at radius 2 is 0.560 bits per heavy atom. The van der Waals surface area contributed by atoms with Crippen molar-refractivity contribution in [2.75, 3.05) is 0 Å². The van der Waals surface area contributed by atoms with Crippen LogP contribution in [0.2, 0.25) is 0 Å². The van der Waals surface area contributed by atoms with E-state index in [2.05, 4.69) is 323 Å². The maximum atomic E-state index is 5.19. The first-order valence-electron chi connectivity index (χ1n) is 33.8. The van der Waals surface area contributed by atoms with Gasteiger partial charge in [-0.25, -0.2) is 19.9 Å². The van der Waals surface area contributed by atoms with Gasteiger partial charge in [0.15, 0.2) is 5.82 Å². The van der Waals surface area contributed by atoms with Gasteiger partial charge in [-0.15, -0.1) is 11.3 Å². The fourth-order valence-electron chi connectivity index (χ4n) is 14.7. The Bertz CT molecular complexity index is 6380. The van der Waals surface area contributed by atoms with Gasteiger partial charge in [0.2, 0.25) is 5.95 Å². The summed E-state index contributed by atoms with van der Waals surface area (Å²) in [4.78, 5) is 20.5. The van der Waals surface area contributed by atoms with E-state index in [0.29, 0.717) is 11.8 Å². The molecule has 6 aromatic heterocycles. The molecule has 6 heterocycles. The van der Waals surface area contributed by atoms with Gasteiger partial charge in [-0.2, -0.15) is 0 Å². The number of hydrogen-bond donors (Lipinski definition) is 0. The number of hydrogen-bond acceptors (Lipinski definition) is 5. The van der Waals surface area contributed by atoms with Gasteiger partial charge in [0.25, 0.3) is 0 Å². The molecule has 0 amide bonds. The minimum atomic E-state index is 0.652. The third kappa shape index (κ3) is 10.2. The zero-order chi connectivity index (χ0) is 66.0. The van der Waals surface area contributed by atoms with E-state index in [4.69, 9.17) is 19.9 Å². The highest BCUT2D eigenvalue weighted by atomic mass is 32.1. The monoisotopic (exact) mass is 1290 g/mol. The van der Waals surface area contributed by atoms with Crippen LogP contribution < -0.4 is 0 Å². The first-order valence-corrected chi connectivity index (χ1v) is 34.6. The first-order chi connectivity index (χ1) is 49.6. The maximum absolute atomic E-state index is 5.19. The van der Waals surface area contributed by atoms with E-state index >= 15 is 0 Å². The van der Waals surface area contributed by atoms with Crippen LogP contribution in [0.4, 0.5) is 0 Å². The van der Waals surface area contributed by atoms with Crippen molar-refractivity contribution in [3.8, 4) is 96.0 Å². The number of nitrogens with zero attached hydrogens (tertiary/aromatic N) is 7. The molecule has 468 valence electrons. The van der Waals surface area contributed by atoms with Gasteiger partial charge in [-0.1, -0.05) is 249 Å². The molecule has 0 saturated heterocycles. The average Bonchev–Trinajstić information content (AvgIpc) is 1.59. The number of fused-ring (bicyclic) bond motifs is 12. The lowest BCUT2D eigenvalue weighted by Crippen LogP contribution is -2.03. The lowest BCUT2D eigenvalue weighted by atomic mass is 10.0. The number of thiophene rings is 1. The molecule has 14 aromatic carbocycles. The van der Waals surface area contributed by atoms with Gasteiger partial charge < -0.3 is 9.13 Å². The predicted molar refractivity (Wildman–Crippen MR) is 418 cm³/mol. The molecule has 0 saturated carbocycles. The maximum Gasteiger partial charge on any atom is 0.235 e. The third-order valence-corrected chi connectivity index (χ3v) is 20.6. The second kappa shape index (κ2) is 24.5. The van der Waals surface area contributed by atoms with Crippen molar-refractivity contribution in [2.45, 2.75) is 0 Å². The number of para-hydroxylation sites is 4. The smallest absolute Gasteiger partial charge is 0.235 e.